The maximum Gasteiger partial charge on any atom is 0.261 e. The van der Waals surface area contributed by atoms with Crippen molar-refractivity contribution in [1.29, 1.82) is 0 Å². The minimum atomic E-state index is -0.304. The molecule has 6 heteroatoms. The van der Waals surface area contributed by atoms with Gasteiger partial charge in [0.25, 0.3) is 17.7 Å². The number of hydrogen-bond acceptors (Lipinski definition) is 4. The number of nitrogens with one attached hydrogen (secondary N) is 1. The smallest absolute Gasteiger partial charge is 0.261 e. The lowest BCUT2D eigenvalue weighted by Gasteiger charge is -2.15. The summed E-state index contributed by atoms with van der Waals surface area (Å²) in [5.74, 6) is -0.798. The van der Waals surface area contributed by atoms with Crippen LogP contribution in [0, 0.1) is 0 Å². The summed E-state index contributed by atoms with van der Waals surface area (Å²) in [5.41, 5.74) is 2.07. The van der Waals surface area contributed by atoms with Crippen LogP contribution in [0.15, 0.2) is 66.0 Å². The van der Waals surface area contributed by atoms with Gasteiger partial charge in [-0.25, -0.2) is 0 Å². The fourth-order valence-electron chi connectivity index (χ4n) is 3.26. The molecule has 1 aromatic heterocycles. The lowest BCUT2D eigenvalue weighted by atomic mass is 10.1. The average Bonchev–Trinajstić information content (AvgIpc) is 3.33. The molecule has 3 amide bonds. The highest BCUT2D eigenvalue weighted by atomic mass is 32.1. The number of carbonyl (C=O) groups is 3. The molecule has 4 rings (SSSR count). The third-order valence-corrected chi connectivity index (χ3v) is 5.78. The van der Waals surface area contributed by atoms with E-state index in [0.717, 1.165) is 10.4 Å². The summed E-state index contributed by atoms with van der Waals surface area (Å²) in [5, 5.41) is 4.95. The Morgan fingerprint density at radius 2 is 1.71 bits per heavy atom. The molecule has 0 radical (unpaired) electrons. The molecule has 5 nitrogen and oxygen atoms in total. The summed E-state index contributed by atoms with van der Waals surface area (Å²) < 4.78 is 0. The zero-order valence-electron chi connectivity index (χ0n) is 15.2. The minimum Gasteiger partial charge on any atom is -0.345 e. The molecule has 0 saturated heterocycles. The standard InChI is InChI=1S/C22H18N2O3S/c1-14(19-10-5-11-28-19)23-20(25)16-7-4-6-15(12-16)13-24-21(26)17-8-2-3-9-18(17)22(24)27/h2-12,14H,13H2,1H3,(H,23,25). The summed E-state index contributed by atoms with van der Waals surface area (Å²) in [6.07, 6.45) is 0. The van der Waals surface area contributed by atoms with Gasteiger partial charge in [-0.05, 0) is 48.2 Å². The van der Waals surface area contributed by atoms with E-state index in [2.05, 4.69) is 5.32 Å². The third kappa shape index (κ3) is 3.34. The van der Waals surface area contributed by atoms with Gasteiger partial charge in [-0.15, -0.1) is 11.3 Å². The molecule has 0 aliphatic carbocycles. The second-order valence-electron chi connectivity index (χ2n) is 6.65. The molecule has 1 aliphatic heterocycles. The Morgan fingerprint density at radius 3 is 2.36 bits per heavy atom. The van der Waals surface area contributed by atoms with E-state index in [0.29, 0.717) is 16.7 Å². The number of benzene rings is 2. The van der Waals surface area contributed by atoms with Gasteiger partial charge < -0.3 is 5.32 Å². The second kappa shape index (κ2) is 7.40. The van der Waals surface area contributed by atoms with Crippen LogP contribution in [0.5, 0.6) is 0 Å². The quantitative estimate of drug-likeness (QED) is 0.669. The number of imide groups is 1. The molecule has 1 aliphatic rings. The number of amides is 3. The van der Waals surface area contributed by atoms with Crippen LogP contribution in [-0.4, -0.2) is 22.6 Å². The van der Waals surface area contributed by atoms with Gasteiger partial charge in [0.05, 0.1) is 23.7 Å². The average molecular weight is 390 g/mol. The molecule has 0 spiro atoms. The highest BCUT2D eigenvalue weighted by molar-refractivity contribution is 7.10. The van der Waals surface area contributed by atoms with Crippen molar-refractivity contribution in [3.63, 3.8) is 0 Å². The first kappa shape index (κ1) is 18.1. The minimum absolute atomic E-state index is 0.0904. The Kier molecular flexibility index (Phi) is 4.79. The first-order valence-electron chi connectivity index (χ1n) is 8.93. The maximum atomic E-state index is 12.6. The monoisotopic (exact) mass is 390 g/mol. The Balaban J connectivity index is 1.49. The van der Waals surface area contributed by atoms with Gasteiger partial charge in [0.2, 0.25) is 0 Å². The van der Waals surface area contributed by atoms with Gasteiger partial charge in [-0.3, -0.25) is 19.3 Å². The highest BCUT2D eigenvalue weighted by Gasteiger charge is 2.35. The molecule has 0 fully saturated rings. The van der Waals surface area contributed by atoms with Crippen LogP contribution in [-0.2, 0) is 6.54 Å². The van der Waals surface area contributed by atoms with Gasteiger partial charge in [0, 0.05) is 10.4 Å². The van der Waals surface area contributed by atoms with Crippen LogP contribution >= 0.6 is 11.3 Å². The molecule has 1 atom stereocenters. The van der Waals surface area contributed by atoms with Crippen LogP contribution in [0.3, 0.4) is 0 Å². The van der Waals surface area contributed by atoms with Crippen LogP contribution in [0.2, 0.25) is 0 Å². The molecule has 1 N–H and O–H groups in total. The van der Waals surface area contributed by atoms with Crippen molar-refractivity contribution < 1.29 is 14.4 Å². The fraction of sp³-hybridized carbons (Fsp3) is 0.136. The van der Waals surface area contributed by atoms with E-state index in [1.54, 1.807) is 53.8 Å². The summed E-state index contributed by atoms with van der Waals surface area (Å²) in [7, 11) is 0. The summed E-state index contributed by atoms with van der Waals surface area (Å²) in [4.78, 5) is 40.0. The predicted molar refractivity (Wildman–Crippen MR) is 107 cm³/mol. The zero-order chi connectivity index (χ0) is 19.7. The van der Waals surface area contributed by atoms with Crippen molar-refractivity contribution in [2.45, 2.75) is 19.5 Å². The number of thiophene rings is 1. The van der Waals surface area contributed by atoms with Crippen molar-refractivity contribution in [3.05, 3.63) is 93.2 Å². The predicted octanol–water partition coefficient (Wildman–Crippen LogP) is 4.04. The largest absolute Gasteiger partial charge is 0.345 e. The molecule has 140 valence electrons. The van der Waals surface area contributed by atoms with Crippen molar-refractivity contribution in [3.8, 4) is 0 Å². The van der Waals surface area contributed by atoms with E-state index < -0.39 is 0 Å². The van der Waals surface area contributed by atoms with E-state index >= 15 is 0 Å². The van der Waals surface area contributed by atoms with Gasteiger partial charge in [-0.2, -0.15) is 0 Å². The normalized spacial score (nSPS) is 14.1. The Labute approximate surface area is 166 Å². The summed E-state index contributed by atoms with van der Waals surface area (Å²) >= 11 is 1.59. The fourth-order valence-corrected chi connectivity index (χ4v) is 4.00. The first-order valence-corrected chi connectivity index (χ1v) is 9.81. The van der Waals surface area contributed by atoms with Crippen molar-refractivity contribution in [1.82, 2.24) is 10.2 Å². The first-order chi connectivity index (χ1) is 13.5. The van der Waals surface area contributed by atoms with Crippen molar-refractivity contribution in [2.75, 3.05) is 0 Å². The molecular formula is C22H18N2O3S. The van der Waals surface area contributed by atoms with Crippen molar-refractivity contribution in [2.24, 2.45) is 0 Å². The Hall–Kier alpha value is -3.25. The van der Waals surface area contributed by atoms with E-state index in [1.165, 1.54) is 4.90 Å². The number of nitrogens with zero attached hydrogens (tertiary/aromatic N) is 1. The molecule has 0 bridgehead atoms. The van der Waals surface area contributed by atoms with Gasteiger partial charge in [0.1, 0.15) is 0 Å². The van der Waals surface area contributed by atoms with Crippen molar-refractivity contribution >= 4 is 29.1 Å². The number of carbonyl (C=O) groups excluding carboxylic acids is 3. The molecule has 28 heavy (non-hydrogen) atoms. The zero-order valence-corrected chi connectivity index (χ0v) is 16.0. The number of rotatable bonds is 5. The van der Waals surface area contributed by atoms with E-state index in [9.17, 15) is 14.4 Å². The van der Waals surface area contributed by atoms with Crippen LogP contribution in [0.25, 0.3) is 0 Å². The van der Waals surface area contributed by atoms with Crippen LogP contribution < -0.4 is 5.32 Å². The van der Waals surface area contributed by atoms with Gasteiger partial charge in [0.15, 0.2) is 0 Å². The SMILES string of the molecule is CC(NC(=O)c1cccc(CN2C(=O)c3ccccc3C2=O)c1)c1cccs1. The van der Waals surface area contributed by atoms with Crippen LogP contribution in [0.4, 0.5) is 0 Å². The highest BCUT2D eigenvalue weighted by Crippen LogP contribution is 2.24. The summed E-state index contributed by atoms with van der Waals surface area (Å²) in [6.45, 7) is 2.07. The van der Waals surface area contributed by atoms with Gasteiger partial charge in [-0.1, -0.05) is 30.3 Å². The molecule has 3 aromatic rings. The molecular weight excluding hydrogens is 372 g/mol. The topological polar surface area (TPSA) is 66.5 Å². The molecule has 0 saturated carbocycles. The Bertz CT molecular complexity index is 1020. The lowest BCUT2D eigenvalue weighted by Crippen LogP contribution is -2.29. The van der Waals surface area contributed by atoms with E-state index in [-0.39, 0.29) is 30.3 Å². The summed E-state index contributed by atoms with van der Waals surface area (Å²) in [6, 6.07) is 17.7. The van der Waals surface area contributed by atoms with E-state index in [4.69, 9.17) is 0 Å². The number of fused-ring (bicyclic) bond motifs is 1. The Morgan fingerprint density at radius 1 is 1.00 bits per heavy atom. The third-order valence-electron chi connectivity index (χ3n) is 4.73. The van der Waals surface area contributed by atoms with Crippen LogP contribution in [0.1, 0.15) is 54.5 Å². The maximum absolute atomic E-state index is 12.6. The number of hydrogen-bond donors (Lipinski definition) is 1. The molecule has 1 unspecified atom stereocenters. The second-order valence-corrected chi connectivity index (χ2v) is 7.63. The van der Waals surface area contributed by atoms with E-state index in [1.807, 2.05) is 30.5 Å². The lowest BCUT2D eigenvalue weighted by molar-refractivity contribution is 0.0642. The molecule has 2 heterocycles. The molecule has 2 aromatic carbocycles. The van der Waals surface area contributed by atoms with Gasteiger partial charge >= 0.3 is 0 Å².